The van der Waals surface area contributed by atoms with E-state index in [0.29, 0.717) is 12.2 Å². The van der Waals surface area contributed by atoms with Gasteiger partial charge in [0.25, 0.3) is 0 Å². The first-order chi connectivity index (χ1) is 9.78. The maximum absolute atomic E-state index is 12.2. The van der Waals surface area contributed by atoms with Crippen LogP contribution in [0.3, 0.4) is 0 Å². The monoisotopic (exact) mass is 359 g/mol. The van der Waals surface area contributed by atoms with E-state index in [1.54, 1.807) is 23.1 Å². The molecule has 1 fully saturated rings. The highest BCUT2D eigenvalue weighted by atomic mass is 32.2. The molecule has 2 heterocycles. The molecule has 2 rings (SSSR count). The van der Waals surface area contributed by atoms with Crippen LogP contribution in [-0.2, 0) is 10.0 Å². The van der Waals surface area contributed by atoms with E-state index in [9.17, 15) is 21.6 Å². The molecule has 0 N–H and O–H groups in total. The van der Waals surface area contributed by atoms with E-state index in [1.165, 1.54) is 9.18 Å². The second-order valence-corrected chi connectivity index (χ2v) is 9.12. The second-order valence-electron chi connectivity index (χ2n) is 4.74. The summed E-state index contributed by atoms with van der Waals surface area (Å²) >= 11 is 3.29. The Morgan fingerprint density at radius 3 is 2.71 bits per heavy atom. The predicted octanol–water partition coefficient (Wildman–Crippen LogP) is 3.51. The minimum atomic E-state index is -4.44. The minimum absolute atomic E-state index is 0.229. The molecule has 0 amide bonds. The van der Waals surface area contributed by atoms with Gasteiger partial charge >= 0.3 is 6.18 Å². The van der Waals surface area contributed by atoms with Crippen LogP contribution in [0.4, 0.5) is 13.2 Å². The molecular weight excluding hydrogens is 343 g/mol. The highest BCUT2D eigenvalue weighted by Crippen LogP contribution is 2.37. The van der Waals surface area contributed by atoms with Crippen LogP contribution in [0.1, 0.15) is 23.0 Å². The Bertz CT molecular complexity index is 543. The van der Waals surface area contributed by atoms with Crippen molar-refractivity contribution in [3.8, 4) is 0 Å². The zero-order chi connectivity index (χ0) is 15.5. The summed E-state index contributed by atoms with van der Waals surface area (Å²) in [6, 6.07) is 3.96. The molecule has 0 aliphatic carbocycles. The molecule has 0 spiro atoms. The maximum atomic E-state index is 12.2. The Labute approximate surface area is 130 Å². The molecule has 3 nitrogen and oxygen atoms in total. The number of sulfonamides is 1. The van der Waals surface area contributed by atoms with E-state index >= 15 is 0 Å². The molecule has 21 heavy (non-hydrogen) atoms. The molecular formula is C12H16F3NO2S3. The number of nitrogens with zero attached hydrogens (tertiary/aromatic N) is 1. The van der Waals surface area contributed by atoms with Crippen molar-refractivity contribution >= 4 is 33.1 Å². The van der Waals surface area contributed by atoms with Gasteiger partial charge in [-0.25, -0.2) is 12.7 Å². The molecule has 0 radical (unpaired) electrons. The Morgan fingerprint density at radius 2 is 2.10 bits per heavy atom. The topological polar surface area (TPSA) is 37.4 Å². The van der Waals surface area contributed by atoms with Gasteiger partial charge in [0, 0.05) is 29.0 Å². The van der Waals surface area contributed by atoms with Gasteiger partial charge in [0.05, 0.1) is 12.2 Å². The molecule has 0 saturated carbocycles. The molecule has 9 heteroatoms. The average molecular weight is 359 g/mol. The molecule has 1 aromatic heterocycles. The minimum Gasteiger partial charge on any atom is -0.212 e. The van der Waals surface area contributed by atoms with Gasteiger partial charge in [-0.1, -0.05) is 6.07 Å². The lowest BCUT2D eigenvalue weighted by molar-refractivity contribution is -0.130. The number of thiophene rings is 1. The first-order valence-corrected chi connectivity index (χ1v) is 10.0. The van der Waals surface area contributed by atoms with Crippen molar-refractivity contribution in [3.63, 3.8) is 0 Å². The number of hydrogen-bond acceptors (Lipinski definition) is 4. The Balaban J connectivity index is 1.96. The summed E-state index contributed by atoms with van der Waals surface area (Å²) in [6.45, 7) is 0.572. The van der Waals surface area contributed by atoms with Crippen molar-refractivity contribution in [2.75, 3.05) is 24.6 Å². The molecule has 1 aromatic rings. The van der Waals surface area contributed by atoms with Crippen molar-refractivity contribution in [3.05, 3.63) is 22.4 Å². The van der Waals surface area contributed by atoms with E-state index < -0.39 is 28.4 Å². The van der Waals surface area contributed by atoms with E-state index in [1.807, 2.05) is 17.5 Å². The summed E-state index contributed by atoms with van der Waals surface area (Å²) in [7, 11) is -3.83. The zero-order valence-electron chi connectivity index (χ0n) is 11.2. The van der Waals surface area contributed by atoms with E-state index in [-0.39, 0.29) is 18.3 Å². The smallest absolute Gasteiger partial charge is 0.212 e. The van der Waals surface area contributed by atoms with Gasteiger partial charge in [-0.2, -0.15) is 24.9 Å². The van der Waals surface area contributed by atoms with Crippen LogP contribution in [0.15, 0.2) is 17.5 Å². The molecule has 1 aliphatic rings. The van der Waals surface area contributed by atoms with Crippen molar-refractivity contribution < 1.29 is 21.6 Å². The lowest BCUT2D eigenvalue weighted by Crippen LogP contribution is -2.36. The van der Waals surface area contributed by atoms with Crippen LogP contribution < -0.4 is 0 Å². The van der Waals surface area contributed by atoms with Crippen molar-refractivity contribution in [1.29, 1.82) is 0 Å². The van der Waals surface area contributed by atoms with Crippen LogP contribution in [0.2, 0.25) is 0 Å². The van der Waals surface area contributed by atoms with Crippen LogP contribution in [0, 0.1) is 0 Å². The van der Waals surface area contributed by atoms with Crippen molar-refractivity contribution in [2.45, 2.75) is 24.3 Å². The fraction of sp³-hybridized carbons (Fsp3) is 0.667. The fourth-order valence-electron chi connectivity index (χ4n) is 2.10. The third kappa shape index (κ3) is 5.15. The number of alkyl halides is 3. The summed E-state index contributed by atoms with van der Waals surface area (Å²) in [6.07, 6.45) is -5.09. The number of thioether (sulfide) groups is 1. The highest BCUT2D eigenvalue weighted by Gasteiger charge is 2.33. The standard InChI is InChI=1S/C12H16F3NO2S3/c13-12(14,15)4-9-21(17,18)16-5-3-11(20-8-6-16)10-2-1-7-19-10/h1-2,7,11H,3-6,8-9H2/t11-/m1/s1. The summed E-state index contributed by atoms with van der Waals surface area (Å²) in [5.41, 5.74) is 0. The van der Waals surface area contributed by atoms with Gasteiger partial charge in [-0.05, 0) is 17.9 Å². The molecule has 0 aromatic carbocycles. The third-order valence-electron chi connectivity index (χ3n) is 3.20. The molecule has 1 aliphatic heterocycles. The number of halogens is 3. The summed E-state index contributed by atoms with van der Waals surface area (Å²) in [5, 5.41) is 2.20. The van der Waals surface area contributed by atoms with Crippen molar-refractivity contribution in [1.82, 2.24) is 4.31 Å². The lowest BCUT2D eigenvalue weighted by Gasteiger charge is -2.20. The van der Waals surface area contributed by atoms with E-state index in [2.05, 4.69) is 0 Å². The van der Waals surface area contributed by atoms with Crippen LogP contribution >= 0.6 is 23.1 Å². The fourth-order valence-corrected chi connectivity index (χ4v) is 5.96. The van der Waals surface area contributed by atoms with Crippen LogP contribution in [0.5, 0.6) is 0 Å². The maximum Gasteiger partial charge on any atom is 0.390 e. The highest BCUT2D eigenvalue weighted by molar-refractivity contribution is 7.99. The first kappa shape index (κ1) is 17.1. The van der Waals surface area contributed by atoms with Crippen LogP contribution in [0.25, 0.3) is 0 Å². The molecule has 1 atom stereocenters. The summed E-state index contributed by atoms with van der Waals surface area (Å²) in [5.74, 6) is -0.251. The second kappa shape index (κ2) is 6.89. The lowest BCUT2D eigenvalue weighted by atomic mass is 10.2. The number of hydrogen-bond donors (Lipinski definition) is 0. The molecule has 0 bridgehead atoms. The summed E-state index contributed by atoms with van der Waals surface area (Å²) < 4.78 is 61.8. The quantitative estimate of drug-likeness (QED) is 0.826. The Kier molecular flexibility index (Phi) is 5.61. The van der Waals surface area contributed by atoms with Crippen molar-refractivity contribution in [2.24, 2.45) is 0 Å². The normalized spacial score (nSPS) is 22.1. The number of rotatable bonds is 4. The van der Waals surface area contributed by atoms with Gasteiger partial charge in [-0.15, -0.1) is 11.3 Å². The Morgan fingerprint density at radius 1 is 1.33 bits per heavy atom. The first-order valence-electron chi connectivity index (χ1n) is 6.47. The molecule has 0 unspecified atom stereocenters. The van der Waals surface area contributed by atoms with Crippen LogP contribution in [-0.4, -0.2) is 43.5 Å². The van der Waals surface area contributed by atoms with Gasteiger partial charge in [0.1, 0.15) is 0 Å². The van der Waals surface area contributed by atoms with E-state index in [0.717, 1.165) is 0 Å². The third-order valence-corrected chi connectivity index (χ3v) is 7.52. The molecule has 120 valence electrons. The predicted molar refractivity (Wildman–Crippen MR) is 80.2 cm³/mol. The largest absolute Gasteiger partial charge is 0.390 e. The SMILES string of the molecule is O=S(=O)(CCC(F)(F)F)N1CCS[C@@H](c2cccs2)CC1. The van der Waals surface area contributed by atoms with Gasteiger partial charge in [0.15, 0.2) is 0 Å². The van der Waals surface area contributed by atoms with E-state index in [4.69, 9.17) is 0 Å². The average Bonchev–Trinajstić information content (AvgIpc) is 2.80. The zero-order valence-corrected chi connectivity index (χ0v) is 13.6. The van der Waals surface area contributed by atoms with Gasteiger partial charge < -0.3 is 0 Å². The van der Waals surface area contributed by atoms with Gasteiger partial charge in [-0.3, -0.25) is 0 Å². The summed E-state index contributed by atoms with van der Waals surface area (Å²) in [4.78, 5) is 1.19. The van der Waals surface area contributed by atoms with Gasteiger partial charge in [0.2, 0.25) is 10.0 Å². The Hall–Kier alpha value is -0.250. The molecule has 1 saturated heterocycles.